The van der Waals surface area contributed by atoms with Crippen molar-refractivity contribution in [3.05, 3.63) is 24.5 Å². The molecular weight excluding hydrogens is 226 g/mol. The number of aromatic nitrogens is 3. The highest BCUT2D eigenvalue weighted by Gasteiger charge is 2.18. The molecule has 1 atom stereocenters. The van der Waals surface area contributed by atoms with Crippen LogP contribution in [0.2, 0.25) is 0 Å². The van der Waals surface area contributed by atoms with E-state index < -0.39 is 0 Å². The molecule has 0 saturated carbocycles. The van der Waals surface area contributed by atoms with Crippen LogP contribution in [-0.2, 0) is 0 Å². The quantitative estimate of drug-likeness (QED) is 0.882. The normalized spacial score (nSPS) is 19.5. The zero-order valence-corrected chi connectivity index (χ0v) is 10.7. The molecule has 18 heavy (non-hydrogen) atoms. The second-order valence-corrected chi connectivity index (χ2v) is 4.75. The van der Waals surface area contributed by atoms with Crippen LogP contribution in [-0.4, -0.2) is 40.3 Å². The molecule has 1 N–H and O–H groups in total. The molecule has 3 rings (SSSR count). The topological polar surface area (TPSA) is 45.5 Å². The summed E-state index contributed by atoms with van der Waals surface area (Å²) in [5.41, 5.74) is 0.908. The molecule has 5 heteroatoms. The van der Waals surface area contributed by atoms with Crippen LogP contribution in [0.3, 0.4) is 0 Å². The molecule has 3 heterocycles. The van der Waals surface area contributed by atoms with Gasteiger partial charge in [0, 0.05) is 31.4 Å². The van der Waals surface area contributed by atoms with E-state index in [9.17, 15) is 0 Å². The van der Waals surface area contributed by atoms with E-state index in [1.165, 1.54) is 12.8 Å². The molecule has 0 spiro atoms. The lowest BCUT2D eigenvalue weighted by molar-refractivity contribution is 0.583. The molecule has 0 aliphatic carbocycles. The maximum atomic E-state index is 4.65. The first-order valence-electron chi connectivity index (χ1n) is 6.65. The minimum atomic E-state index is 0.605. The molecule has 2 aromatic rings. The fraction of sp³-hybridized carbons (Fsp3) is 0.538. The summed E-state index contributed by atoms with van der Waals surface area (Å²) in [6, 6.07) is 4.58. The predicted molar refractivity (Wildman–Crippen MR) is 71.9 cm³/mol. The number of nitrogens with zero attached hydrogens (tertiary/aromatic N) is 4. The van der Waals surface area contributed by atoms with Crippen molar-refractivity contribution in [1.82, 2.24) is 19.9 Å². The molecule has 5 nitrogen and oxygen atoms in total. The Bertz CT molecular complexity index is 515. The largest absolute Gasteiger partial charge is 0.355 e. The molecule has 0 bridgehead atoms. The van der Waals surface area contributed by atoms with Crippen LogP contribution >= 0.6 is 0 Å². The highest BCUT2D eigenvalue weighted by molar-refractivity contribution is 5.47. The van der Waals surface area contributed by atoms with Gasteiger partial charge in [0.1, 0.15) is 5.82 Å². The van der Waals surface area contributed by atoms with Gasteiger partial charge in [-0.05, 0) is 32.4 Å². The molecule has 2 aromatic heterocycles. The minimum absolute atomic E-state index is 0.605. The first-order valence-corrected chi connectivity index (χ1v) is 6.65. The van der Waals surface area contributed by atoms with Crippen LogP contribution in [0.15, 0.2) is 24.5 Å². The number of hydrogen-bond acceptors (Lipinski definition) is 4. The van der Waals surface area contributed by atoms with Crippen molar-refractivity contribution in [2.45, 2.75) is 25.8 Å². The highest BCUT2D eigenvalue weighted by atomic mass is 15.3. The van der Waals surface area contributed by atoms with Gasteiger partial charge in [0.2, 0.25) is 0 Å². The summed E-state index contributed by atoms with van der Waals surface area (Å²) in [5.74, 6) is 1.04. The van der Waals surface area contributed by atoms with E-state index in [2.05, 4.69) is 27.2 Å². The summed E-state index contributed by atoms with van der Waals surface area (Å²) in [7, 11) is 0. The third kappa shape index (κ3) is 2.18. The standard InChI is InChI=1S/C13H19N5/c1-2-17(10-11-4-3-7-14-11)12-6-9-18-13(16-12)5-8-15-18/h5-6,8-9,11,14H,2-4,7,10H2,1H3. The molecule has 0 radical (unpaired) electrons. The second-order valence-electron chi connectivity index (χ2n) is 4.75. The average Bonchev–Trinajstić information content (AvgIpc) is 3.06. The van der Waals surface area contributed by atoms with Crippen molar-refractivity contribution in [1.29, 1.82) is 0 Å². The van der Waals surface area contributed by atoms with Crippen molar-refractivity contribution in [3.63, 3.8) is 0 Å². The summed E-state index contributed by atoms with van der Waals surface area (Å²) in [6.07, 6.45) is 6.31. The lowest BCUT2D eigenvalue weighted by Gasteiger charge is -2.25. The Balaban J connectivity index is 1.80. The first kappa shape index (κ1) is 11.5. The average molecular weight is 245 g/mol. The number of anilines is 1. The Labute approximate surface area is 107 Å². The zero-order valence-electron chi connectivity index (χ0n) is 10.7. The number of hydrogen-bond donors (Lipinski definition) is 1. The van der Waals surface area contributed by atoms with Crippen LogP contribution in [0.4, 0.5) is 5.82 Å². The number of rotatable bonds is 4. The molecule has 1 aliphatic heterocycles. The SMILES string of the molecule is CCN(CC1CCCN1)c1ccn2nccc2n1. The van der Waals surface area contributed by atoms with Gasteiger partial charge in [-0.2, -0.15) is 5.10 Å². The van der Waals surface area contributed by atoms with E-state index in [1.807, 2.05) is 18.3 Å². The summed E-state index contributed by atoms with van der Waals surface area (Å²) in [5, 5.41) is 7.71. The van der Waals surface area contributed by atoms with Crippen molar-refractivity contribution < 1.29 is 0 Å². The van der Waals surface area contributed by atoms with E-state index in [-0.39, 0.29) is 0 Å². The summed E-state index contributed by atoms with van der Waals surface area (Å²) in [4.78, 5) is 6.98. The maximum absolute atomic E-state index is 4.65. The lowest BCUT2D eigenvalue weighted by Crippen LogP contribution is -2.38. The van der Waals surface area contributed by atoms with Gasteiger partial charge in [-0.1, -0.05) is 0 Å². The molecule has 0 aromatic carbocycles. The number of fused-ring (bicyclic) bond motifs is 1. The molecule has 1 fully saturated rings. The Morgan fingerprint density at radius 1 is 1.50 bits per heavy atom. The van der Waals surface area contributed by atoms with Gasteiger partial charge in [-0.25, -0.2) is 9.50 Å². The van der Waals surface area contributed by atoms with E-state index in [0.29, 0.717) is 6.04 Å². The second kappa shape index (κ2) is 4.94. The van der Waals surface area contributed by atoms with Crippen LogP contribution < -0.4 is 10.2 Å². The first-order chi connectivity index (χ1) is 8.86. The van der Waals surface area contributed by atoms with Crippen LogP contribution in [0, 0.1) is 0 Å². The smallest absolute Gasteiger partial charge is 0.157 e. The molecule has 1 saturated heterocycles. The molecule has 0 amide bonds. The minimum Gasteiger partial charge on any atom is -0.355 e. The summed E-state index contributed by atoms with van der Waals surface area (Å²) < 4.78 is 1.80. The van der Waals surface area contributed by atoms with Gasteiger partial charge in [-0.3, -0.25) is 0 Å². The molecule has 1 aliphatic rings. The Morgan fingerprint density at radius 3 is 3.22 bits per heavy atom. The van der Waals surface area contributed by atoms with Gasteiger partial charge in [-0.15, -0.1) is 0 Å². The molecule has 1 unspecified atom stereocenters. The van der Waals surface area contributed by atoms with E-state index in [1.54, 1.807) is 10.7 Å². The summed E-state index contributed by atoms with van der Waals surface area (Å²) in [6.45, 7) is 5.35. The number of likely N-dealkylation sites (N-methyl/N-ethyl adjacent to an activating group) is 1. The third-order valence-corrected chi connectivity index (χ3v) is 3.55. The van der Waals surface area contributed by atoms with Crippen LogP contribution in [0.1, 0.15) is 19.8 Å². The van der Waals surface area contributed by atoms with E-state index in [0.717, 1.165) is 31.1 Å². The third-order valence-electron chi connectivity index (χ3n) is 3.55. The molecule has 96 valence electrons. The number of nitrogens with one attached hydrogen (secondary N) is 1. The maximum Gasteiger partial charge on any atom is 0.157 e. The van der Waals surface area contributed by atoms with E-state index in [4.69, 9.17) is 0 Å². The van der Waals surface area contributed by atoms with Crippen molar-refractivity contribution in [2.75, 3.05) is 24.5 Å². The van der Waals surface area contributed by atoms with Gasteiger partial charge >= 0.3 is 0 Å². The Kier molecular flexibility index (Phi) is 3.15. The fourth-order valence-electron chi connectivity index (χ4n) is 2.54. The van der Waals surface area contributed by atoms with Gasteiger partial charge in [0.25, 0.3) is 0 Å². The van der Waals surface area contributed by atoms with Crippen molar-refractivity contribution in [3.8, 4) is 0 Å². The van der Waals surface area contributed by atoms with Crippen LogP contribution in [0.5, 0.6) is 0 Å². The van der Waals surface area contributed by atoms with Gasteiger partial charge in [0.15, 0.2) is 5.65 Å². The van der Waals surface area contributed by atoms with Crippen molar-refractivity contribution in [2.24, 2.45) is 0 Å². The fourth-order valence-corrected chi connectivity index (χ4v) is 2.54. The lowest BCUT2D eigenvalue weighted by atomic mass is 10.2. The summed E-state index contributed by atoms with van der Waals surface area (Å²) >= 11 is 0. The zero-order chi connectivity index (χ0) is 12.4. The monoisotopic (exact) mass is 245 g/mol. The predicted octanol–water partition coefficient (Wildman–Crippen LogP) is 1.31. The molecular formula is C13H19N5. The van der Waals surface area contributed by atoms with Gasteiger partial charge < -0.3 is 10.2 Å². The highest BCUT2D eigenvalue weighted by Crippen LogP contribution is 2.15. The Morgan fingerprint density at radius 2 is 2.44 bits per heavy atom. The van der Waals surface area contributed by atoms with E-state index >= 15 is 0 Å². The van der Waals surface area contributed by atoms with Crippen molar-refractivity contribution >= 4 is 11.5 Å². The van der Waals surface area contributed by atoms with Crippen LogP contribution in [0.25, 0.3) is 5.65 Å². The van der Waals surface area contributed by atoms with Gasteiger partial charge in [0.05, 0.1) is 6.20 Å². The Hall–Kier alpha value is -1.62.